The van der Waals surface area contributed by atoms with Crippen molar-refractivity contribution < 1.29 is 0 Å². The van der Waals surface area contributed by atoms with Crippen molar-refractivity contribution in [3.05, 3.63) is 36.0 Å². The van der Waals surface area contributed by atoms with Crippen LogP contribution in [0.1, 0.15) is 12.5 Å². The first-order valence-corrected chi connectivity index (χ1v) is 5.37. The van der Waals surface area contributed by atoms with Gasteiger partial charge in [-0.1, -0.05) is 18.2 Å². The van der Waals surface area contributed by atoms with Crippen molar-refractivity contribution in [1.82, 2.24) is 9.88 Å². The zero-order valence-corrected chi connectivity index (χ0v) is 9.57. The maximum absolute atomic E-state index is 8.85. The lowest BCUT2D eigenvalue weighted by atomic mass is 10.1. The number of nitrogens with one attached hydrogen (secondary N) is 1. The van der Waals surface area contributed by atoms with Gasteiger partial charge in [0, 0.05) is 23.6 Å². The normalized spacial score (nSPS) is 12.9. The maximum atomic E-state index is 8.85. The molecule has 1 aromatic heterocycles. The number of aromatic nitrogens is 1. The Balaban J connectivity index is 2.25. The van der Waals surface area contributed by atoms with Crippen molar-refractivity contribution in [2.75, 3.05) is 7.05 Å². The fourth-order valence-corrected chi connectivity index (χ4v) is 1.77. The highest BCUT2D eigenvalue weighted by Crippen LogP contribution is 2.19. The SMILES string of the molecule is CC(C#N)N(C)Cc1c[nH]c2ccccc12. The van der Waals surface area contributed by atoms with Crippen molar-refractivity contribution in [3.8, 4) is 6.07 Å². The number of fused-ring (bicyclic) bond motifs is 1. The molecule has 0 aliphatic rings. The van der Waals surface area contributed by atoms with Gasteiger partial charge in [0.2, 0.25) is 0 Å². The van der Waals surface area contributed by atoms with Crippen molar-refractivity contribution in [2.24, 2.45) is 0 Å². The van der Waals surface area contributed by atoms with Crippen molar-refractivity contribution in [2.45, 2.75) is 19.5 Å². The van der Waals surface area contributed by atoms with Crippen LogP contribution in [0.5, 0.6) is 0 Å². The minimum Gasteiger partial charge on any atom is -0.361 e. The molecule has 1 aromatic carbocycles. The number of hydrogen-bond acceptors (Lipinski definition) is 2. The Kier molecular flexibility index (Phi) is 2.93. The highest BCUT2D eigenvalue weighted by molar-refractivity contribution is 5.82. The van der Waals surface area contributed by atoms with Gasteiger partial charge in [0.15, 0.2) is 0 Å². The van der Waals surface area contributed by atoms with E-state index in [4.69, 9.17) is 5.26 Å². The van der Waals surface area contributed by atoms with Gasteiger partial charge < -0.3 is 4.98 Å². The smallest absolute Gasteiger partial charge is 0.0949 e. The topological polar surface area (TPSA) is 42.8 Å². The monoisotopic (exact) mass is 213 g/mol. The summed E-state index contributed by atoms with van der Waals surface area (Å²) in [4.78, 5) is 5.28. The van der Waals surface area contributed by atoms with Crippen LogP contribution in [0, 0.1) is 11.3 Å². The van der Waals surface area contributed by atoms with Gasteiger partial charge in [-0.2, -0.15) is 5.26 Å². The Labute approximate surface area is 95.3 Å². The second-order valence-electron chi connectivity index (χ2n) is 4.08. The maximum Gasteiger partial charge on any atom is 0.0949 e. The fraction of sp³-hybridized carbons (Fsp3) is 0.308. The summed E-state index contributed by atoms with van der Waals surface area (Å²) in [6, 6.07) is 10.4. The number of benzene rings is 1. The highest BCUT2D eigenvalue weighted by atomic mass is 15.1. The van der Waals surface area contributed by atoms with Crippen LogP contribution >= 0.6 is 0 Å². The lowest BCUT2D eigenvalue weighted by molar-refractivity contribution is 0.295. The number of para-hydroxylation sites is 1. The summed E-state index contributed by atoms with van der Waals surface area (Å²) in [5.41, 5.74) is 2.38. The van der Waals surface area contributed by atoms with Gasteiger partial charge in [0.1, 0.15) is 0 Å². The van der Waals surface area contributed by atoms with Crippen molar-refractivity contribution in [3.63, 3.8) is 0 Å². The predicted octanol–water partition coefficient (Wildman–Crippen LogP) is 2.51. The van der Waals surface area contributed by atoms with Crippen LogP contribution in [0.25, 0.3) is 10.9 Å². The van der Waals surface area contributed by atoms with Gasteiger partial charge >= 0.3 is 0 Å². The zero-order valence-electron chi connectivity index (χ0n) is 9.57. The first-order chi connectivity index (χ1) is 7.72. The zero-order chi connectivity index (χ0) is 11.5. The summed E-state index contributed by atoms with van der Waals surface area (Å²) >= 11 is 0. The molecule has 0 saturated carbocycles. The average molecular weight is 213 g/mol. The molecule has 0 spiro atoms. The molecule has 2 aromatic rings. The van der Waals surface area contributed by atoms with E-state index in [1.165, 1.54) is 10.9 Å². The second kappa shape index (κ2) is 4.38. The second-order valence-corrected chi connectivity index (χ2v) is 4.08. The number of aromatic amines is 1. The summed E-state index contributed by atoms with van der Waals surface area (Å²) in [5.74, 6) is 0. The molecular formula is C13H15N3. The van der Waals surface area contributed by atoms with Gasteiger partial charge in [0.05, 0.1) is 12.1 Å². The average Bonchev–Trinajstić information content (AvgIpc) is 2.72. The van der Waals surface area contributed by atoms with Gasteiger partial charge in [-0.05, 0) is 25.6 Å². The highest BCUT2D eigenvalue weighted by Gasteiger charge is 2.10. The first-order valence-electron chi connectivity index (χ1n) is 5.37. The Morgan fingerprint density at radius 1 is 1.44 bits per heavy atom. The molecule has 0 amide bonds. The van der Waals surface area contributed by atoms with Crippen LogP contribution in [0.2, 0.25) is 0 Å². The van der Waals surface area contributed by atoms with E-state index in [1.807, 2.05) is 37.2 Å². The molecule has 1 unspecified atom stereocenters. The summed E-state index contributed by atoms with van der Waals surface area (Å²) in [6.07, 6.45) is 2.02. The van der Waals surface area contributed by atoms with Crippen LogP contribution in [0.15, 0.2) is 30.5 Å². The summed E-state index contributed by atoms with van der Waals surface area (Å²) < 4.78 is 0. The minimum absolute atomic E-state index is 0.0614. The molecule has 0 saturated heterocycles. The molecule has 3 heteroatoms. The first kappa shape index (κ1) is 10.7. The van der Waals surface area contributed by atoms with Gasteiger partial charge in [-0.15, -0.1) is 0 Å². The quantitative estimate of drug-likeness (QED) is 0.851. The molecule has 82 valence electrons. The summed E-state index contributed by atoms with van der Waals surface area (Å²) in [5, 5.41) is 10.1. The Bertz CT molecular complexity index is 521. The molecule has 1 N–H and O–H groups in total. The van der Waals surface area contributed by atoms with Crippen LogP contribution < -0.4 is 0 Å². The van der Waals surface area contributed by atoms with Crippen LogP contribution in [-0.4, -0.2) is 23.0 Å². The molecule has 0 radical (unpaired) electrons. The molecule has 16 heavy (non-hydrogen) atoms. The number of nitrogens with zero attached hydrogens (tertiary/aromatic N) is 2. The van der Waals surface area contributed by atoms with Crippen LogP contribution in [0.3, 0.4) is 0 Å². The molecule has 0 aliphatic heterocycles. The largest absolute Gasteiger partial charge is 0.361 e. The van der Waals surface area contributed by atoms with E-state index in [9.17, 15) is 0 Å². The van der Waals surface area contributed by atoms with Crippen molar-refractivity contribution >= 4 is 10.9 Å². The standard InChI is InChI=1S/C13H15N3/c1-10(7-14)16(2)9-11-8-15-13-6-4-3-5-12(11)13/h3-6,8,10,15H,9H2,1-2H3. The fourth-order valence-electron chi connectivity index (χ4n) is 1.77. The lowest BCUT2D eigenvalue weighted by Gasteiger charge is -2.18. The molecule has 0 bridgehead atoms. The number of rotatable bonds is 3. The Morgan fingerprint density at radius 3 is 2.94 bits per heavy atom. The predicted molar refractivity (Wildman–Crippen MR) is 64.8 cm³/mol. The molecule has 3 nitrogen and oxygen atoms in total. The van der Waals surface area contributed by atoms with E-state index in [2.05, 4.69) is 23.2 Å². The number of hydrogen-bond donors (Lipinski definition) is 1. The molecule has 0 aliphatic carbocycles. The van der Waals surface area contributed by atoms with E-state index in [1.54, 1.807) is 0 Å². The van der Waals surface area contributed by atoms with Gasteiger partial charge in [-0.3, -0.25) is 4.90 Å². The van der Waals surface area contributed by atoms with Crippen LogP contribution in [-0.2, 0) is 6.54 Å². The molecule has 2 rings (SSSR count). The lowest BCUT2D eigenvalue weighted by Crippen LogP contribution is -2.26. The Hall–Kier alpha value is -1.79. The molecule has 0 fully saturated rings. The third kappa shape index (κ3) is 1.93. The number of H-pyrrole nitrogens is 1. The molecular weight excluding hydrogens is 198 g/mol. The third-order valence-corrected chi connectivity index (χ3v) is 2.94. The van der Waals surface area contributed by atoms with E-state index in [0.29, 0.717) is 0 Å². The van der Waals surface area contributed by atoms with E-state index in [-0.39, 0.29) is 6.04 Å². The minimum atomic E-state index is -0.0614. The third-order valence-electron chi connectivity index (χ3n) is 2.94. The van der Waals surface area contributed by atoms with Crippen molar-refractivity contribution in [1.29, 1.82) is 5.26 Å². The van der Waals surface area contributed by atoms with E-state index < -0.39 is 0 Å². The summed E-state index contributed by atoms with van der Waals surface area (Å²) in [6.45, 7) is 2.70. The van der Waals surface area contributed by atoms with Crippen LogP contribution in [0.4, 0.5) is 0 Å². The van der Waals surface area contributed by atoms with E-state index >= 15 is 0 Å². The van der Waals surface area contributed by atoms with Gasteiger partial charge in [0.25, 0.3) is 0 Å². The summed E-state index contributed by atoms with van der Waals surface area (Å²) in [7, 11) is 1.97. The Morgan fingerprint density at radius 2 is 2.19 bits per heavy atom. The molecule has 1 atom stereocenters. The van der Waals surface area contributed by atoms with E-state index in [0.717, 1.165) is 12.1 Å². The molecule has 1 heterocycles. The number of nitriles is 1. The van der Waals surface area contributed by atoms with Gasteiger partial charge in [-0.25, -0.2) is 0 Å².